The van der Waals surface area contributed by atoms with E-state index in [2.05, 4.69) is 20.6 Å². The molecule has 1 aliphatic rings. The van der Waals surface area contributed by atoms with Gasteiger partial charge < -0.3 is 19.7 Å². The lowest BCUT2D eigenvalue weighted by Gasteiger charge is -2.39. The van der Waals surface area contributed by atoms with E-state index < -0.39 is 23.2 Å². The van der Waals surface area contributed by atoms with Crippen LogP contribution in [0.5, 0.6) is 5.75 Å². The van der Waals surface area contributed by atoms with E-state index in [1.807, 2.05) is 34.6 Å². The molecule has 1 aliphatic heterocycles. The molecular formula is C23H31N7O5. The third-order valence-corrected chi connectivity index (χ3v) is 5.20. The average molecular weight is 486 g/mol. The van der Waals surface area contributed by atoms with Gasteiger partial charge in [-0.15, -0.1) is 10.2 Å². The fourth-order valence-corrected chi connectivity index (χ4v) is 3.50. The molecule has 0 unspecified atom stereocenters. The van der Waals surface area contributed by atoms with Crippen molar-refractivity contribution in [3.8, 4) is 5.75 Å². The van der Waals surface area contributed by atoms with E-state index in [9.17, 15) is 14.4 Å². The largest absolute Gasteiger partial charge is 0.485 e. The molecule has 1 N–H and O–H groups in total. The van der Waals surface area contributed by atoms with Crippen LogP contribution in [0.2, 0.25) is 0 Å². The van der Waals surface area contributed by atoms with E-state index in [1.165, 1.54) is 12.4 Å². The maximum atomic E-state index is 12.7. The van der Waals surface area contributed by atoms with Crippen molar-refractivity contribution in [1.29, 1.82) is 0 Å². The van der Waals surface area contributed by atoms with Crippen molar-refractivity contribution < 1.29 is 20.5 Å². The first-order valence-corrected chi connectivity index (χ1v) is 11.3. The van der Waals surface area contributed by atoms with Crippen LogP contribution in [0.4, 0.5) is 10.5 Å². The Morgan fingerprint density at radius 1 is 1.26 bits per heavy atom. The Labute approximate surface area is 203 Å². The van der Waals surface area contributed by atoms with Gasteiger partial charge in [-0.25, -0.2) is 9.48 Å². The molecule has 4 rings (SSSR count). The van der Waals surface area contributed by atoms with Crippen molar-refractivity contribution in [2.24, 2.45) is 0 Å². The van der Waals surface area contributed by atoms with E-state index >= 15 is 0 Å². The van der Waals surface area contributed by atoms with Crippen LogP contribution in [0.3, 0.4) is 0 Å². The zero-order chi connectivity index (χ0) is 25.3. The molecule has 12 nitrogen and oxygen atoms in total. The molecule has 0 radical (unpaired) electrons. The Hall–Kier alpha value is -3.96. The molecule has 35 heavy (non-hydrogen) atoms. The second-order valence-corrected chi connectivity index (χ2v) is 9.73. The molecule has 3 aromatic heterocycles. The van der Waals surface area contributed by atoms with Crippen LogP contribution in [-0.2, 0) is 16.1 Å². The summed E-state index contributed by atoms with van der Waals surface area (Å²) in [5.74, 6) is -0.103. The number of carbonyl (C=O) groups excluding carboxylic acids is 2. The molecule has 1 saturated heterocycles. The Balaban J connectivity index is 0.00000361. The van der Waals surface area contributed by atoms with Crippen molar-refractivity contribution in [2.45, 2.75) is 58.8 Å². The van der Waals surface area contributed by atoms with Crippen LogP contribution in [-0.4, -0.2) is 66.1 Å². The zero-order valence-corrected chi connectivity index (χ0v) is 20.4. The number of aromatic nitrogens is 5. The summed E-state index contributed by atoms with van der Waals surface area (Å²) in [4.78, 5) is 38.9. The third-order valence-electron chi connectivity index (χ3n) is 5.20. The minimum Gasteiger partial charge on any atom is -0.485 e. The molecule has 0 saturated carbocycles. The molecule has 1 fully saturated rings. The molecule has 12 heteroatoms. The first kappa shape index (κ1) is 24.2. The molecule has 4 heterocycles. The highest BCUT2D eigenvalue weighted by atomic mass is 16.6. The number of fused-ring (bicyclic) bond motifs is 1. The normalized spacial score (nSPS) is 14.2. The highest BCUT2D eigenvalue weighted by Crippen LogP contribution is 2.26. The molecule has 2 amide bonds. The summed E-state index contributed by atoms with van der Waals surface area (Å²) < 4.78 is 14.1. The second-order valence-electron chi connectivity index (χ2n) is 9.73. The standard InChI is InChI=1S/C23H29N7O5.H2/c1-14(2)21-17(34-16-10-28(11-16)22(33)35-23(3,4)5)8-20(32)30(27-21)12-19(31)25-15-6-7-18-26-24-13-29(18)9-15;/h6-9,13-14,16H,10-12H2,1-5H3,(H,25,31);1H. The molecule has 188 valence electrons. The van der Waals surface area contributed by atoms with Gasteiger partial charge in [-0.05, 0) is 32.9 Å². The lowest BCUT2D eigenvalue weighted by atomic mass is 10.1. The second kappa shape index (κ2) is 9.35. The SMILES string of the molecule is CC(C)c1nn(CC(=O)Nc2ccc3nncn3c2)c(=O)cc1OC1CN(C(=O)OC(C)(C)C)C1.[HH]. The fourth-order valence-electron chi connectivity index (χ4n) is 3.50. The smallest absolute Gasteiger partial charge is 0.410 e. The van der Waals surface area contributed by atoms with Gasteiger partial charge in [0.1, 0.15) is 36.0 Å². The number of likely N-dealkylation sites (tertiary alicyclic amines) is 1. The Morgan fingerprint density at radius 3 is 2.69 bits per heavy atom. The minimum atomic E-state index is -0.571. The maximum Gasteiger partial charge on any atom is 0.410 e. The number of pyridine rings is 1. The molecule has 0 aliphatic carbocycles. The monoisotopic (exact) mass is 485 g/mol. The minimum absolute atomic E-state index is 0. The van der Waals surface area contributed by atoms with Gasteiger partial charge in [0.05, 0.1) is 18.8 Å². The van der Waals surface area contributed by atoms with Crippen LogP contribution in [0.1, 0.15) is 47.7 Å². The highest BCUT2D eigenvalue weighted by molar-refractivity contribution is 5.90. The van der Waals surface area contributed by atoms with Gasteiger partial charge in [0, 0.05) is 19.6 Å². The molecular weight excluding hydrogens is 454 g/mol. The van der Waals surface area contributed by atoms with E-state index in [1.54, 1.807) is 27.6 Å². The molecule has 0 atom stereocenters. The summed E-state index contributed by atoms with van der Waals surface area (Å²) in [5, 5.41) is 14.9. The van der Waals surface area contributed by atoms with Crippen molar-refractivity contribution in [2.75, 3.05) is 18.4 Å². The number of nitrogens with zero attached hydrogens (tertiary/aromatic N) is 6. The summed E-state index contributed by atoms with van der Waals surface area (Å²) in [6.07, 6.45) is 2.54. The number of amides is 2. The van der Waals surface area contributed by atoms with E-state index in [4.69, 9.17) is 9.47 Å². The van der Waals surface area contributed by atoms with E-state index in [0.717, 1.165) is 4.68 Å². The third kappa shape index (κ3) is 5.76. The maximum absolute atomic E-state index is 12.7. The van der Waals surface area contributed by atoms with Gasteiger partial charge >= 0.3 is 6.09 Å². The number of carbonyl (C=O) groups is 2. The van der Waals surface area contributed by atoms with E-state index in [-0.39, 0.29) is 20.0 Å². The summed E-state index contributed by atoms with van der Waals surface area (Å²) in [7, 11) is 0. The van der Waals surface area contributed by atoms with Crippen LogP contribution in [0.15, 0.2) is 35.5 Å². The summed E-state index contributed by atoms with van der Waals surface area (Å²) >= 11 is 0. The zero-order valence-electron chi connectivity index (χ0n) is 20.4. The Kier molecular flexibility index (Phi) is 6.46. The van der Waals surface area contributed by atoms with Crippen LogP contribution < -0.4 is 15.6 Å². The predicted octanol–water partition coefficient (Wildman–Crippen LogP) is 2.29. The first-order chi connectivity index (χ1) is 16.5. The fraction of sp³-hybridized carbons (Fsp3) is 0.478. The molecule has 0 spiro atoms. The quantitative estimate of drug-likeness (QED) is 0.562. The highest BCUT2D eigenvalue weighted by Gasteiger charge is 2.36. The summed E-state index contributed by atoms with van der Waals surface area (Å²) in [6.45, 7) is 9.73. The Bertz CT molecular complexity index is 1310. The number of anilines is 1. The number of nitrogens with one attached hydrogen (secondary N) is 1. The van der Waals surface area contributed by atoms with Crippen molar-refractivity contribution in [1.82, 2.24) is 29.3 Å². The van der Waals surface area contributed by atoms with Gasteiger partial charge in [-0.1, -0.05) is 13.8 Å². The molecule has 0 bridgehead atoms. The van der Waals surface area contributed by atoms with E-state index in [0.29, 0.717) is 35.9 Å². The van der Waals surface area contributed by atoms with Crippen LogP contribution in [0, 0.1) is 0 Å². The molecule has 3 aromatic rings. The van der Waals surface area contributed by atoms with Crippen molar-refractivity contribution in [3.05, 3.63) is 46.8 Å². The Morgan fingerprint density at radius 2 is 2.00 bits per heavy atom. The van der Waals surface area contributed by atoms with Gasteiger partial charge in [0.25, 0.3) is 5.56 Å². The predicted molar refractivity (Wildman–Crippen MR) is 129 cm³/mol. The number of hydrogen-bond donors (Lipinski definition) is 1. The number of ether oxygens (including phenoxy) is 2. The number of hydrogen-bond acceptors (Lipinski definition) is 8. The first-order valence-electron chi connectivity index (χ1n) is 11.3. The van der Waals surface area contributed by atoms with Crippen LogP contribution in [0.25, 0.3) is 5.65 Å². The van der Waals surface area contributed by atoms with Gasteiger partial charge in [0.2, 0.25) is 5.91 Å². The lowest BCUT2D eigenvalue weighted by molar-refractivity contribution is -0.117. The van der Waals surface area contributed by atoms with Crippen LogP contribution >= 0.6 is 0 Å². The van der Waals surface area contributed by atoms with Crippen molar-refractivity contribution >= 4 is 23.3 Å². The lowest BCUT2D eigenvalue weighted by Crippen LogP contribution is -2.57. The van der Waals surface area contributed by atoms with Gasteiger partial charge in [0.15, 0.2) is 5.65 Å². The van der Waals surface area contributed by atoms with Gasteiger partial charge in [-0.3, -0.25) is 14.0 Å². The average Bonchev–Trinajstić information content (AvgIpc) is 3.18. The van der Waals surface area contributed by atoms with Crippen molar-refractivity contribution in [3.63, 3.8) is 0 Å². The summed E-state index contributed by atoms with van der Waals surface area (Å²) in [5.41, 5.74) is 0.715. The summed E-state index contributed by atoms with van der Waals surface area (Å²) in [6, 6.07) is 4.77. The molecule has 0 aromatic carbocycles. The van der Waals surface area contributed by atoms with Gasteiger partial charge in [-0.2, -0.15) is 5.10 Å². The topological polar surface area (TPSA) is 133 Å². The number of rotatable bonds is 6.